The lowest BCUT2D eigenvalue weighted by molar-refractivity contribution is -0.136. The standard InChI is InChI=1S/C13H16F3N3/c1-17-10(6-7-13(14,15)16)8-19-9-18-11-4-2-3-5-12(11)19/h2-5,9-10,17H,6-8H2,1H3. The molecule has 0 fully saturated rings. The largest absolute Gasteiger partial charge is 0.389 e. The molecule has 3 nitrogen and oxygen atoms in total. The van der Waals surface area contributed by atoms with Crippen LogP contribution in [0.4, 0.5) is 13.2 Å². The van der Waals surface area contributed by atoms with E-state index in [0.717, 1.165) is 11.0 Å². The van der Waals surface area contributed by atoms with Crippen LogP contribution in [0, 0.1) is 0 Å². The van der Waals surface area contributed by atoms with Crippen molar-refractivity contribution in [2.45, 2.75) is 31.6 Å². The van der Waals surface area contributed by atoms with Gasteiger partial charge in [0.15, 0.2) is 0 Å². The topological polar surface area (TPSA) is 29.9 Å². The molecule has 1 unspecified atom stereocenters. The fourth-order valence-corrected chi connectivity index (χ4v) is 2.06. The molecule has 6 heteroatoms. The number of rotatable bonds is 5. The first-order valence-corrected chi connectivity index (χ1v) is 6.13. The monoisotopic (exact) mass is 271 g/mol. The van der Waals surface area contributed by atoms with E-state index in [0.29, 0.717) is 6.54 Å². The summed E-state index contributed by atoms with van der Waals surface area (Å²) in [5.74, 6) is 0. The minimum absolute atomic E-state index is 0.0620. The van der Waals surface area contributed by atoms with Gasteiger partial charge >= 0.3 is 6.18 Å². The summed E-state index contributed by atoms with van der Waals surface area (Å²) in [7, 11) is 1.68. The Morgan fingerprint density at radius 1 is 1.32 bits per heavy atom. The smallest absolute Gasteiger partial charge is 0.329 e. The predicted molar refractivity (Wildman–Crippen MR) is 67.9 cm³/mol. The third kappa shape index (κ3) is 3.70. The van der Waals surface area contributed by atoms with Crippen molar-refractivity contribution in [3.63, 3.8) is 0 Å². The molecular weight excluding hydrogens is 255 g/mol. The molecule has 2 aromatic rings. The highest BCUT2D eigenvalue weighted by Crippen LogP contribution is 2.23. The first-order valence-electron chi connectivity index (χ1n) is 6.13. The quantitative estimate of drug-likeness (QED) is 0.906. The van der Waals surface area contributed by atoms with Crippen LogP contribution < -0.4 is 5.32 Å². The van der Waals surface area contributed by atoms with Gasteiger partial charge in [-0.05, 0) is 25.6 Å². The number of para-hydroxylation sites is 2. The first kappa shape index (κ1) is 13.9. The maximum absolute atomic E-state index is 12.2. The average molecular weight is 271 g/mol. The third-order valence-electron chi connectivity index (χ3n) is 3.13. The van der Waals surface area contributed by atoms with Gasteiger partial charge in [-0.15, -0.1) is 0 Å². The van der Waals surface area contributed by atoms with E-state index in [1.165, 1.54) is 0 Å². The van der Waals surface area contributed by atoms with Gasteiger partial charge in [-0.2, -0.15) is 13.2 Å². The Balaban J connectivity index is 2.06. The van der Waals surface area contributed by atoms with Crippen molar-refractivity contribution in [3.05, 3.63) is 30.6 Å². The van der Waals surface area contributed by atoms with Crippen molar-refractivity contribution < 1.29 is 13.2 Å². The van der Waals surface area contributed by atoms with E-state index >= 15 is 0 Å². The highest BCUT2D eigenvalue weighted by atomic mass is 19.4. The second-order valence-corrected chi connectivity index (χ2v) is 4.53. The zero-order valence-electron chi connectivity index (χ0n) is 10.6. The van der Waals surface area contributed by atoms with Crippen molar-refractivity contribution in [1.29, 1.82) is 0 Å². The number of nitrogens with one attached hydrogen (secondary N) is 1. The van der Waals surface area contributed by atoms with E-state index in [4.69, 9.17) is 0 Å². The van der Waals surface area contributed by atoms with E-state index < -0.39 is 12.6 Å². The van der Waals surface area contributed by atoms with E-state index in [1.807, 2.05) is 28.8 Å². The van der Waals surface area contributed by atoms with Crippen molar-refractivity contribution in [3.8, 4) is 0 Å². The zero-order chi connectivity index (χ0) is 13.9. The van der Waals surface area contributed by atoms with Gasteiger partial charge < -0.3 is 9.88 Å². The molecule has 2 rings (SSSR count). The molecule has 1 N–H and O–H groups in total. The molecule has 1 aromatic heterocycles. The second-order valence-electron chi connectivity index (χ2n) is 4.53. The maximum Gasteiger partial charge on any atom is 0.389 e. The number of hydrogen-bond donors (Lipinski definition) is 1. The van der Waals surface area contributed by atoms with E-state index in [9.17, 15) is 13.2 Å². The molecule has 19 heavy (non-hydrogen) atoms. The summed E-state index contributed by atoms with van der Waals surface area (Å²) in [6.45, 7) is 0.479. The molecule has 0 saturated heterocycles. The number of hydrogen-bond acceptors (Lipinski definition) is 2. The van der Waals surface area contributed by atoms with Gasteiger partial charge in [-0.1, -0.05) is 12.1 Å². The molecule has 0 aliphatic carbocycles. The van der Waals surface area contributed by atoms with Gasteiger partial charge in [0.2, 0.25) is 0 Å². The van der Waals surface area contributed by atoms with Gasteiger partial charge in [-0.3, -0.25) is 0 Å². The Labute approximate surface area is 109 Å². The van der Waals surface area contributed by atoms with Crippen molar-refractivity contribution in [2.75, 3.05) is 7.05 Å². The summed E-state index contributed by atoms with van der Waals surface area (Å²) < 4.78 is 38.6. The van der Waals surface area contributed by atoms with Crippen LogP contribution in [0.5, 0.6) is 0 Å². The van der Waals surface area contributed by atoms with Gasteiger partial charge in [-0.25, -0.2) is 4.98 Å². The van der Waals surface area contributed by atoms with Gasteiger partial charge in [0.05, 0.1) is 17.4 Å². The summed E-state index contributed by atoms with van der Waals surface area (Å²) in [5.41, 5.74) is 1.79. The normalized spacial score (nSPS) is 13.9. The minimum atomic E-state index is -4.11. The number of halogens is 3. The molecule has 0 radical (unpaired) electrons. The van der Waals surface area contributed by atoms with Crippen LogP contribution in [-0.2, 0) is 6.54 Å². The Hall–Kier alpha value is -1.56. The predicted octanol–water partition coefficient (Wildman–Crippen LogP) is 2.97. The number of nitrogens with zero attached hydrogens (tertiary/aromatic N) is 2. The molecule has 0 saturated carbocycles. The summed E-state index contributed by atoms with van der Waals surface area (Å²) in [6, 6.07) is 7.36. The fraction of sp³-hybridized carbons (Fsp3) is 0.462. The zero-order valence-corrected chi connectivity index (χ0v) is 10.6. The number of aromatic nitrogens is 2. The Morgan fingerprint density at radius 3 is 2.74 bits per heavy atom. The molecule has 1 heterocycles. The molecule has 104 valence electrons. The first-order chi connectivity index (χ1) is 8.99. The highest BCUT2D eigenvalue weighted by Gasteiger charge is 2.28. The highest BCUT2D eigenvalue weighted by molar-refractivity contribution is 5.74. The molecule has 1 atom stereocenters. The molecular formula is C13H16F3N3. The van der Waals surface area contributed by atoms with Crippen LogP contribution >= 0.6 is 0 Å². The van der Waals surface area contributed by atoms with Crippen LogP contribution in [0.2, 0.25) is 0 Å². The van der Waals surface area contributed by atoms with E-state index in [1.54, 1.807) is 13.4 Å². The summed E-state index contributed by atoms with van der Waals surface area (Å²) in [5, 5.41) is 2.93. The molecule has 0 aliphatic heterocycles. The molecule has 0 bridgehead atoms. The third-order valence-corrected chi connectivity index (χ3v) is 3.13. The van der Waals surface area contributed by atoms with Crippen molar-refractivity contribution >= 4 is 11.0 Å². The number of benzene rings is 1. The number of fused-ring (bicyclic) bond motifs is 1. The Morgan fingerprint density at radius 2 is 2.05 bits per heavy atom. The van der Waals surface area contributed by atoms with Gasteiger partial charge in [0.1, 0.15) is 0 Å². The molecule has 0 spiro atoms. The van der Waals surface area contributed by atoms with Gasteiger partial charge in [0.25, 0.3) is 0 Å². The molecule has 0 aliphatic rings. The van der Waals surface area contributed by atoms with Crippen LogP contribution in [0.25, 0.3) is 11.0 Å². The Bertz CT molecular complexity index is 533. The number of imidazole rings is 1. The maximum atomic E-state index is 12.2. The lowest BCUT2D eigenvalue weighted by Gasteiger charge is -2.18. The lowest BCUT2D eigenvalue weighted by Crippen LogP contribution is -2.31. The summed E-state index contributed by atoms with van der Waals surface area (Å²) >= 11 is 0. The average Bonchev–Trinajstić information content (AvgIpc) is 2.77. The van der Waals surface area contributed by atoms with Gasteiger partial charge in [0, 0.05) is 19.0 Å². The van der Waals surface area contributed by atoms with Crippen LogP contribution in [-0.4, -0.2) is 28.8 Å². The number of likely N-dealkylation sites (N-methyl/N-ethyl adjacent to an activating group) is 1. The lowest BCUT2D eigenvalue weighted by atomic mass is 10.1. The molecule has 0 amide bonds. The van der Waals surface area contributed by atoms with E-state index in [2.05, 4.69) is 10.3 Å². The minimum Gasteiger partial charge on any atom is -0.329 e. The molecule has 1 aromatic carbocycles. The van der Waals surface area contributed by atoms with Crippen molar-refractivity contribution in [2.24, 2.45) is 0 Å². The van der Waals surface area contributed by atoms with Crippen LogP contribution in [0.15, 0.2) is 30.6 Å². The van der Waals surface area contributed by atoms with Crippen LogP contribution in [0.3, 0.4) is 0 Å². The fourth-order valence-electron chi connectivity index (χ4n) is 2.06. The Kier molecular flexibility index (Phi) is 4.09. The second kappa shape index (κ2) is 5.61. The van der Waals surface area contributed by atoms with Crippen LogP contribution in [0.1, 0.15) is 12.8 Å². The summed E-state index contributed by atoms with van der Waals surface area (Å²) in [4.78, 5) is 4.23. The summed E-state index contributed by atoms with van der Waals surface area (Å²) in [6.07, 6.45) is -3.15. The van der Waals surface area contributed by atoms with Crippen molar-refractivity contribution in [1.82, 2.24) is 14.9 Å². The number of alkyl halides is 3. The van der Waals surface area contributed by atoms with E-state index in [-0.39, 0.29) is 12.5 Å². The SMILES string of the molecule is CNC(CCC(F)(F)F)Cn1cnc2ccccc21.